The van der Waals surface area contributed by atoms with Crippen molar-refractivity contribution < 1.29 is 5.11 Å². The van der Waals surface area contributed by atoms with E-state index in [1.54, 1.807) is 0 Å². The van der Waals surface area contributed by atoms with Crippen LogP contribution in [0, 0.1) is 6.92 Å². The summed E-state index contributed by atoms with van der Waals surface area (Å²) in [4.78, 5) is 2.35. The molecule has 1 fully saturated rings. The number of halogens is 1. The Labute approximate surface area is 114 Å². The molecule has 0 saturated carbocycles. The van der Waals surface area contributed by atoms with Gasteiger partial charge in [0.05, 0.1) is 6.61 Å². The van der Waals surface area contributed by atoms with E-state index in [-0.39, 0.29) is 12.1 Å². The molecule has 1 aromatic carbocycles. The van der Waals surface area contributed by atoms with Gasteiger partial charge >= 0.3 is 0 Å². The molecule has 0 bridgehead atoms. The number of anilines is 1. The summed E-state index contributed by atoms with van der Waals surface area (Å²) in [7, 11) is 1.93. The molecule has 1 saturated heterocycles. The molecule has 1 aromatic rings. The van der Waals surface area contributed by atoms with Crippen LogP contribution in [0.3, 0.4) is 0 Å². The molecule has 1 aliphatic heterocycles. The summed E-state index contributed by atoms with van der Waals surface area (Å²) in [5.41, 5.74) is 2.36. The Hall–Kier alpha value is -0.770. The smallest absolute Gasteiger partial charge is 0.0614 e. The second-order valence-corrected chi connectivity index (χ2v) is 5.54. The average Bonchev–Trinajstić information content (AvgIpc) is 2.42. The van der Waals surface area contributed by atoms with Crippen LogP contribution in [0.25, 0.3) is 0 Å². The normalized spacial score (nSPS) is 19.0. The fourth-order valence-corrected chi connectivity index (χ4v) is 2.75. The lowest BCUT2D eigenvalue weighted by atomic mass is 9.88. The molecule has 0 unspecified atom stereocenters. The van der Waals surface area contributed by atoms with Gasteiger partial charge in [-0.3, -0.25) is 0 Å². The van der Waals surface area contributed by atoms with Gasteiger partial charge in [0.15, 0.2) is 0 Å². The standard InChI is InChI=1S/C14H21ClN2O/c1-11-3-4-12(15)9-13(11)17-7-5-14(10-18,16-2)6-8-17/h3-4,9,16,18H,5-8,10H2,1-2H3. The van der Waals surface area contributed by atoms with Crippen molar-refractivity contribution >= 4 is 17.3 Å². The lowest BCUT2D eigenvalue weighted by molar-refractivity contribution is 0.142. The molecule has 0 atom stereocenters. The van der Waals surface area contributed by atoms with Crippen LogP contribution in [-0.4, -0.2) is 37.4 Å². The third-order valence-corrected chi connectivity index (χ3v) is 4.30. The lowest BCUT2D eigenvalue weighted by Crippen LogP contribution is -2.54. The van der Waals surface area contributed by atoms with E-state index in [4.69, 9.17) is 11.6 Å². The van der Waals surface area contributed by atoms with Crippen LogP contribution < -0.4 is 10.2 Å². The molecule has 0 amide bonds. The number of aryl methyl sites for hydroxylation is 1. The lowest BCUT2D eigenvalue weighted by Gasteiger charge is -2.42. The van der Waals surface area contributed by atoms with Gasteiger partial charge in [0, 0.05) is 29.3 Å². The third kappa shape index (κ3) is 2.63. The number of benzene rings is 1. The minimum atomic E-state index is -0.108. The minimum absolute atomic E-state index is 0.108. The van der Waals surface area contributed by atoms with Gasteiger partial charge in [-0.1, -0.05) is 17.7 Å². The van der Waals surface area contributed by atoms with Gasteiger partial charge < -0.3 is 15.3 Å². The van der Waals surface area contributed by atoms with E-state index in [1.807, 2.05) is 19.2 Å². The molecule has 100 valence electrons. The zero-order chi connectivity index (χ0) is 13.2. The summed E-state index contributed by atoms with van der Waals surface area (Å²) in [5, 5.41) is 13.5. The van der Waals surface area contributed by atoms with Crippen molar-refractivity contribution in [3.05, 3.63) is 28.8 Å². The van der Waals surface area contributed by atoms with E-state index in [0.29, 0.717) is 0 Å². The predicted octanol–water partition coefficient (Wildman–Crippen LogP) is 2.20. The van der Waals surface area contributed by atoms with Crippen molar-refractivity contribution in [2.24, 2.45) is 0 Å². The fraction of sp³-hybridized carbons (Fsp3) is 0.571. The predicted molar refractivity (Wildman–Crippen MR) is 76.5 cm³/mol. The number of aliphatic hydroxyl groups excluding tert-OH is 1. The van der Waals surface area contributed by atoms with Crippen LogP contribution in [0.1, 0.15) is 18.4 Å². The van der Waals surface area contributed by atoms with Crippen LogP contribution in [-0.2, 0) is 0 Å². The molecule has 18 heavy (non-hydrogen) atoms. The molecule has 2 rings (SSSR count). The van der Waals surface area contributed by atoms with Crippen LogP contribution in [0.5, 0.6) is 0 Å². The fourth-order valence-electron chi connectivity index (χ4n) is 2.59. The average molecular weight is 269 g/mol. The van der Waals surface area contributed by atoms with Gasteiger partial charge in [-0.2, -0.15) is 0 Å². The number of likely N-dealkylation sites (N-methyl/N-ethyl adjacent to an activating group) is 1. The number of hydrogen-bond acceptors (Lipinski definition) is 3. The molecule has 1 heterocycles. The molecule has 0 radical (unpaired) electrons. The Morgan fingerprint density at radius 1 is 1.39 bits per heavy atom. The van der Waals surface area contributed by atoms with Crippen molar-refractivity contribution in [3.8, 4) is 0 Å². The molecule has 1 aliphatic rings. The SMILES string of the molecule is CNC1(CO)CCN(c2cc(Cl)ccc2C)CC1. The first-order chi connectivity index (χ1) is 8.60. The molecule has 0 aliphatic carbocycles. The summed E-state index contributed by atoms with van der Waals surface area (Å²) in [6, 6.07) is 6.02. The Balaban J connectivity index is 2.12. The minimum Gasteiger partial charge on any atom is -0.394 e. The van der Waals surface area contributed by atoms with E-state index < -0.39 is 0 Å². The summed E-state index contributed by atoms with van der Waals surface area (Å²) in [6.07, 6.45) is 1.90. The summed E-state index contributed by atoms with van der Waals surface area (Å²) in [5.74, 6) is 0. The zero-order valence-corrected chi connectivity index (χ0v) is 11.8. The van der Waals surface area contributed by atoms with E-state index >= 15 is 0 Å². The Kier molecular flexibility index (Phi) is 4.15. The summed E-state index contributed by atoms with van der Waals surface area (Å²) >= 11 is 6.07. The summed E-state index contributed by atoms with van der Waals surface area (Å²) in [6.45, 7) is 4.20. The van der Waals surface area contributed by atoms with Crippen molar-refractivity contribution in [1.29, 1.82) is 0 Å². The number of nitrogens with zero attached hydrogens (tertiary/aromatic N) is 1. The highest BCUT2D eigenvalue weighted by molar-refractivity contribution is 6.30. The second kappa shape index (κ2) is 5.47. The highest BCUT2D eigenvalue weighted by Gasteiger charge is 2.32. The van der Waals surface area contributed by atoms with Gasteiger partial charge in [0.1, 0.15) is 0 Å². The molecule has 2 N–H and O–H groups in total. The van der Waals surface area contributed by atoms with Crippen LogP contribution in [0.4, 0.5) is 5.69 Å². The first kappa shape index (κ1) is 13.7. The maximum absolute atomic E-state index is 9.49. The molecule has 0 aromatic heterocycles. The van der Waals surface area contributed by atoms with Crippen molar-refractivity contribution in [2.45, 2.75) is 25.3 Å². The van der Waals surface area contributed by atoms with Gasteiger partial charge in [0.2, 0.25) is 0 Å². The number of aliphatic hydroxyl groups is 1. The van der Waals surface area contributed by atoms with Gasteiger partial charge in [0.25, 0.3) is 0 Å². The highest BCUT2D eigenvalue weighted by atomic mass is 35.5. The van der Waals surface area contributed by atoms with Crippen LogP contribution in [0.2, 0.25) is 5.02 Å². The van der Waals surface area contributed by atoms with Crippen LogP contribution in [0.15, 0.2) is 18.2 Å². The highest BCUT2D eigenvalue weighted by Crippen LogP contribution is 2.29. The Bertz CT molecular complexity index is 408. The van der Waals surface area contributed by atoms with E-state index in [0.717, 1.165) is 31.0 Å². The Morgan fingerprint density at radius 3 is 2.61 bits per heavy atom. The summed E-state index contributed by atoms with van der Waals surface area (Å²) < 4.78 is 0. The maximum Gasteiger partial charge on any atom is 0.0614 e. The van der Waals surface area contributed by atoms with E-state index in [9.17, 15) is 5.11 Å². The first-order valence-electron chi connectivity index (χ1n) is 6.41. The number of hydrogen-bond donors (Lipinski definition) is 2. The molecule has 0 spiro atoms. The van der Waals surface area contributed by atoms with Crippen LogP contribution >= 0.6 is 11.6 Å². The number of rotatable bonds is 3. The van der Waals surface area contributed by atoms with Crippen molar-refractivity contribution in [1.82, 2.24) is 5.32 Å². The van der Waals surface area contributed by atoms with Crippen molar-refractivity contribution in [3.63, 3.8) is 0 Å². The second-order valence-electron chi connectivity index (χ2n) is 5.11. The van der Waals surface area contributed by atoms with E-state index in [2.05, 4.69) is 23.2 Å². The number of nitrogens with one attached hydrogen (secondary N) is 1. The molecular formula is C14H21ClN2O. The molecule has 4 heteroatoms. The largest absolute Gasteiger partial charge is 0.394 e. The molecule has 3 nitrogen and oxygen atoms in total. The number of piperidine rings is 1. The van der Waals surface area contributed by atoms with Gasteiger partial charge in [-0.25, -0.2) is 0 Å². The van der Waals surface area contributed by atoms with Gasteiger partial charge in [-0.05, 0) is 44.5 Å². The third-order valence-electron chi connectivity index (χ3n) is 4.07. The maximum atomic E-state index is 9.49. The Morgan fingerprint density at radius 2 is 2.06 bits per heavy atom. The van der Waals surface area contributed by atoms with Gasteiger partial charge in [-0.15, -0.1) is 0 Å². The first-order valence-corrected chi connectivity index (χ1v) is 6.79. The van der Waals surface area contributed by atoms with Crippen molar-refractivity contribution in [2.75, 3.05) is 31.6 Å². The topological polar surface area (TPSA) is 35.5 Å². The molecular weight excluding hydrogens is 248 g/mol. The monoisotopic (exact) mass is 268 g/mol. The quantitative estimate of drug-likeness (QED) is 0.882. The van der Waals surface area contributed by atoms with E-state index in [1.165, 1.54) is 11.3 Å². The zero-order valence-electron chi connectivity index (χ0n) is 11.0.